The predicted molar refractivity (Wildman–Crippen MR) is 86.1 cm³/mol. The lowest BCUT2D eigenvalue weighted by Crippen LogP contribution is -2.43. The van der Waals surface area contributed by atoms with Gasteiger partial charge in [0.15, 0.2) is 0 Å². The number of unbranched alkanes of at least 4 members (excludes halogenated alkanes) is 5. The van der Waals surface area contributed by atoms with Gasteiger partial charge in [-0.3, -0.25) is 0 Å². The zero-order valence-corrected chi connectivity index (χ0v) is 13.7. The van der Waals surface area contributed by atoms with E-state index in [1.54, 1.807) is 14.2 Å². The van der Waals surface area contributed by atoms with Gasteiger partial charge in [0.05, 0.1) is 0 Å². The van der Waals surface area contributed by atoms with Crippen molar-refractivity contribution >= 4 is 0 Å². The molecule has 0 saturated carbocycles. The summed E-state index contributed by atoms with van der Waals surface area (Å²) < 4.78 is 11.1. The van der Waals surface area contributed by atoms with E-state index in [1.165, 1.54) is 25.7 Å². The molecule has 0 bridgehead atoms. The summed E-state index contributed by atoms with van der Waals surface area (Å²) in [7, 11) is 3.17. The fourth-order valence-electron chi connectivity index (χ4n) is 2.76. The van der Waals surface area contributed by atoms with E-state index in [0.29, 0.717) is 6.42 Å². The van der Waals surface area contributed by atoms with Gasteiger partial charge in [-0.25, -0.2) is 0 Å². The summed E-state index contributed by atoms with van der Waals surface area (Å²) in [5.41, 5.74) is 0.855. The van der Waals surface area contributed by atoms with Gasteiger partial charge >= 0.3 is 0 Å². The molecule has 0 aromatic heterocycles. The van der Waals surface area contributed by atoms with Crippen LogP contribution in [-0.4, -0.2) is 25.4 Å². The van der Waals surface area contributed by atoms with Gasteiger partial charge in [0.25, 0.3) is 0 Å². The fourth-order valence-corrected chi connectivity index (χ4v) is 2.76. The Labute approximate surface area is 129 Å². The maximum absolute atomic E-state index is 10.6. The largest absolute Gasteiger partial charge is 0.387 e. The van der Waals surface area contributed by atoms with Crippen molar-refractivity contribution in [2.45, 2.75) is 63.8 Å². The van der Waals surface area contributed by atoms with E-state index in [9.17, 15) is 5.11 Å². The number of methoxy groups -OCH3 is 2. The van der Waals surface area contributed by atoms with Crippen LogP contribution in [0.15, 0.2) is 30.3 Å². The first-order valence-corrected chi connectivity index (χ1v) is 8.05. The zero-order chi connectivity index (χ0) is 15.6. The molecular formula is C18H30O3. The molecule has 0 heterocycles. The molecule has 0 radical (unpaired) electrons. The molecule has 1 atom stereocenters. The van der Waals surface area contributed by atoms with Crippen LogP contribution in [0.25, 0.3) is 0 Å². The van der Waals surface area contributed by atoms with Gasteiger partial charge in [0.1, 0.15) is 6.10 Å². The molecule has 3 heteroatoms. The second kappa shape index (κ2) is 9.93. The molecule has 0 aliphatic rings. The van der Waals surface area contributed by atoms with Gasteiger partial charge in [0, 0.05) is 19.8 Å². The highest BCUT2D eigenvalue weighted by Crippen LogP contribution is 2.32. The minimum absolute atomic E-state index is 0.666. The van der Waals surface area contributed by atoms with Crippen molar-refractivity contribution in [1.29, 1.82) is 0 Å². The van der Waals surface area contributed by atoms with Gasteiger partial charge in [-0.05, 0) is 6.42 Å². The number of hydrogen-bond acceptors (Lipinski definition) is 3. The second-order valence-corrected chi connectivity index (χ2v) is 5.51. The highest BCUT2D eigenvalue weighted by molar-refractivity contribution is 5.21. The molecule has 0 fully saturated rings. The Morgan fingerprint density at radius 1 is 0.952 bits per heavy atom. The first-order valence-electron chi connectivity index (χ1n) is 8.05. The molecule has 0 aliphatic carbocycles. The summed E-state index contributed by atoms with van der Waals surface area (Å²) >= 11 is 0. The van der Waals surface area contributed by atoms with E-state index >= 15 is 0 Å². The summed E-state index contributed by atoms with van der Waals surface area (Å²) in [5, 5.41) is 10.6. The highest BCUT2D eigenvalue weighted by Gasteiger charge is 2.39. The first kappa shape index (κ1) is 18.1. The minimum Gasteiger partial charge on any atom is -0.387 e. The molecule has 1 aromatic carbocycles. The van der Waals surface area contributed by atoms with Gasteiger partial charge in [0.2, 0.25) is 5.79 Å². The molecular weight excluding hydrogens is 264 g/mol. The van der Waals surface area contributed by atoms with Crippen molar-refractivity contribution in [3.8, 4) is 0 Å². The lowest BCUT2D eigenvalue weighted by Gasteiger charge is -2.35. The number of aliphatic hydroxyl groups excluding tert-OH is 1. The van der Waals surface area contributed by atoms with E-state index in [4.69, 9.17) is 9.47 Å². The van der Waals surface area contributed by atoms with Gasteiger partial charge < -0.3 is 14.6 Å². The Hall–Kier alpha value is -0.900. The van der Waals surface area contributed by atoms with Crippen LogP contribution in [0.5, 0.6) is 0 Å². The second-order valence-electron chi connectivity index (χ2n) is 5.51. The third-order valence-corrected chi connectivity index (χ3v) is 4.05. The van der Waals surface area contributed by atoms with Crippen molar-refractivity contribution in [2.24, 2.45) is 0 Å². The first-order chi connectivity index (χ1) is 10.2. The maximum Gasteiger partial charge on any atom is 0.221 e. The quantitative estimate of drug-likeness (QED) is 0.490. The average Bonchev–Trinajstić information content (AvgIpc) is 2.53. The third-order valence-electron chi connectivity index (χ3n) is 4.05. The van der Waals surface area contributed by atoms with Gasteiger partial charge in [-0.15, -0.1) is 0 Å². The van der Waals surface area contributed by atoms with Crippen LogP contribution in [0.3, 0.4) is 0 Å². The van der Waals surface area contributed by atoms with Crippen molar-refractivity contribution in [3.05, 3.63) is 35.9 Å². The molecule has 0 saturated heterocycles. The van der Waals surface area contributed by atoms with Crippen LogP contribution in [0.4, 0.5) is 0 Å². The Morgan fingerprint density at radius 3 is 2.10 bits per heavy atom. The molecule has 120 valence electrons. The smallest absolute Gasteiger partial charge is 0.221 e. The van der Waals surface area contributed by atoms with Crippen LogP contribution < -0.4 is 0 Å². The SMILES string of the molecule is CCCCCCCCC(O)C(OC)(OC)c1ccccc1. The molecule has 1 aromatic rings. The molecule has 21 heavy (non-hydrogen) atoms. The molecule has 0 aliphatic heterocycles. The highest BCUT2D eigenvalue weighted by atomic mass is 16.7. The predicted octanol–water partition coefficient (Wildman–Crippen LogP) is 4.24. The Morgan fingerprint density at radius 2 is 1.52 bits per heavy atom. The monoisotopic (exact) mass is 294 g/mol. The average molecular weight is 294 g/mol. The van der Waals surface area contributed by atoms with Gasteiger partial charge in [-0.1, -0.05) is 75.8 Å². The lowest BCUT2D eigenvalue weighted by atomic mass is 9.95. The minimum atomic E-state index is -1.06. The van der Waals surface area contributed by atoms with Crippen molar-refractivity contribution in [1.82, 2.24) is 0 Å². The Kier molecular flexibility index (Phi) is 8.58. The third kappa shape index (κ3) is 5.10. The van der Waals surface area contributed by atoms with E-state index in [2.05, 4.69) is 6.92 Å². The Bertz CT molecular complexity index is 360. The van der Waals surface area contributed by atoms with Crippen LogP contribution in [0.1, 0.15) is 57.4 Å². The molecule has 3 nitrogen and oxygen atoms in total. The molecule has 0 amide bonds. The maximum atomic E-state index is 10.6. The summed E-state index contributed by atoms with van der Waals surface area (Å²) in [6.45, 7) is 2.22. The number of aliphatic hydroxyl groups is 1. The zero-order valence-electron chi connectivity index (χ0n) is 13.7. The van der Waals surface area contributed by atoms with Crippen LogP contribution in [-0.2, 0) is 15.3 Å². The van der Waals surface area contributed by atoms with Crippen molar-refractivity contribution in [3.63, 3.8) is 0 Å². The molecule has 1 unspecified atom stereocenters. The van der Waals surface area contributed by atoms with Gasteiger partial charge in [-0.2, -0.15) is 0 Å². The normalized spacial score (nSPS) is 13.3. The summed E-state index contributed by atoms with van der Waals surface area (Å²) in [6.07, 6.45) is 7.23. The summed E-state index contributed by atoms with van der Waals surface area (Å²) in [4.78, 5) is 0. The standard InChI is InChI=1S/C18H30O3/c1-4-5-6-7-8-12-15-17(19)18(20-2,21-3)16-13-10-9-11-14-16/h9-11,13-14,17,19H,4-8,12,15H2,1-3H3. The molecule has 0 spiro atoms. The van der Waals surface area contributed by atoms with Crippen LogP contribution in [0.2, 0.25) is 0 Å². The lowest BCUT2D eigenvalue weighted by molar-refractivity contribution is -0.270. The van der Waals surface area contributed by atoms with Crippen molar-refractivity contribution < 1.29 is 14.6 Å². The summed E-state index contributed by atoms with van der Waals surface area (Å²) in [5.74, 6) is -1.06. The van der Waals surface area contributed by atoms with Crippen LogP contribution >= 0.6 is 0 Å². The topological polar surface area (TPSA) is 38.7 Å². The van der Waals surface area contributed by atoms with E-state index < -0.39 is 11.9 Å². The number of hydrogen-bond donors (Lipinski definition) is 1. The van der Waals surface area contributed by atoms with Crippen LogP contribution in [0, 0.1) is 0 Å². The number of rotatable bonds is 11. The Balaban J connectivity index is 2.56. The number of ether oxygens (including phenoxy) is 2. The van der Waals surface area contributed by atoms with E-state index in [-0.39, 0.29) is 0 Å². The van der Waals surface area contributed by atoms with Crippen molar-refractivity contribution in [2.75, 3.05) is 14.2 Å². The summed E-state index contributed by atoms with van der Waals surface area (Å²) in [6, 6.07) is 9.66. The molecule has 1 N–H and O–H groups in total. The molecule has 1 rings (SSSR count). The van der Waals surface area contributed by atoms with E-state index in [1.807, 2.05) is 30.3 Å². The van der Waals surface area contributed by atoms with E-state index in [0.717, 1.165) is 18.4 Å². The number of benzene rings is 1. The fraction of sp³-hybridized carbons (Fsp3) is 0.667.